The second-order valence-electron chi connectivity index (χ2n) is 11.4. The summed E-state index contributed by atoms with van der Waals surface area (Å²) in [5.41, 5.74) is 12.4. The van der Waals surface area contributed by atoms with Crippen molar-refractivity contribution in [2.24, 2.45) is 5.73 Å². The van der Waals surface area contributed by atoms with Crippen LogP contribution in [0.2, 0.25) is 0 Å². The molecule has 2 aromatic heterocycles. The Labute approximate surface area is 245 Å². The fourth-order valence-corrected chi connectivity index (χ4v) is 6.45. The van der Waals surface area contributed by atoms with Gasteiger partial charge < -0.3 is 24.9 Å². The van der Waals surface area contributed by atoms with Crippen LogP contribution in [-0.4, -0.2) is 57.8 Å². The maximum absolute atomic E-state index is 13.4. The molecule has 3 aromatic carbocycles. The van der Waals surface area contributed by atoms with Crippen molar-refractivity contribution in [2.45, 2.75) is 50.6 Å². The van der Waals surface area contributed by atoms with E-state index in [1.54, 1.807) is 11.7 Å². The molecule has 1 amide bonds. The van der Waals surface area contributed by atoms with Crippen molar-refractivity contribution in [3.05, 3.63) is 101 Å². The van der Waals surface area contributed by atoms with Crippen LogP contribution in [0.5, 0.6) is 0 Å². The molecule has 6 rings (SSSR count). The van der Waals surface area contributed by atoms with Gasteiger partial charge in [0.2, 0.25) is 5.91 Å². The summed E-state index contributed by atoms with van der Waals surface area (Å²) >= 11 is 0. The van der Waals surface area contributed by atoms with Crippen molar-refractivity contribution in [3.63, 3.8) is 0 Å². The zero-order chi connectivity index (χ0) is 29.1. The predicted octanol–water partition coefficient (Wildman–Crippen LogP) is 4.98. The fraction of sp³-hybridized carbons (Fsp3) is 0.353. The number of carbonyl (C=O) groups is 1. The molecule has 8 nitrogen and oxygen atoms in total. The number of aromatic amines is 1. The van der Waals surface area contributed by atoms with Gasteiger partial charge in [-0.2, -0.15) is 0 Å². The van der Waals surface area contributed by atoms with E-state index in [-0.39, 0.29) is 17.6 Å². The first-order valence-electron chi connectivity index (χ1n) is 14.9. The Morgan fingerprint density at radius 2 is 1.81 bits per heavy atom. The highest BCUT2D eigenvalue weighted by molar-refractivity contribution is 5.82. The van der Waals surface area contributed by atoms with Gasteiger partial charge in [-0.25, -0.2) is 4.79 Å². The molecule has 1 aliphatic rings. The second kappa shape index (κ2) is 12.4. The van der Waals surface area contributed by atoms with Gasteiger partial charge in [0, 0.05) is 62.9 Å². The molecule has 218 valence electrons. The van der Waals surface area contributed by atoms with E-state index in [0.717, 1.165) is 67.8 Å². The van der Waals surface area contributed by atoms with Gasteiger partial charge >= 0.3 is 5.69 Å². The summed E-state index contributed by atoms with van der Waals surface area (Å²) in [7, 11) is 1.74. The van der Waals surface area contributed by atoms with Crippen LogP contribution in [0.3, 0.4) is 0 Å². The number of hydrogen-bond donors (Lipinski definition) is 2. The van der Waals surface area contributed by atoms with Crippen LogP contribution in [0, 0.1) is 0 Å². The average Bonchev–Trinajstić information content (AvgIpc) is 3.55. The Balaban J connectivity index is 1.10. The maximum Gasteiger partial charge on any atom is 0.331 e. The van der Waals surface area contributed by atoms with Gasteiger partial charge in [0.15, 0.2) is 0 Å². The van der Waals surface area contributed by atoms with Crippen molar-refractivity contribution in [1.82, 2.24) is 19.0 Å². The molecular weight excluding hydrogens is 526 g/mol. The fourth-order valence-electron chi connectivity index (χ4n) is 6.45. The Kier molecular flexibility index (Phi) is 8.26. The van der Waals surface area contributed by atoms with Crippen molar-refractivity contribution >= 4 is 27.8 Å². The normalized spacial score (nSPS) is 16.3. The molecule has 8 heteroatoms. The van der Waals surface area contributed by atoms with Gasteiger partial charge in [-0.3, -0.25) is 9.36 Å². The summed E-state index contributed by atoms with van der Waals surface area (Å²) in [5, 5.41) is 1.25. The first-order chi connectivity index (χ1) is 20.5. The maximum atomic E-state index is 13.4. The van der Waals surface area contributed by atoms with Gasteiger partial charge in [0.1, 0.15) is 0 Å². The number of likely N-dealkylation sites (tertiary alicyclic amines) is 1. The molecule has 1 saturated heterocycles. The van der Waals surface area contributed by atoms with E-state index < -0.39 is 0 Å². The van der Waals surface area contributed by atoms with Gasteiger partial charge in [0.25, 0.3) is 0 Å². The predicted molar refractivity (Wildman–Crippen MR) is 167 cm³/mol. The Bertz CT molecular complexity index is 1730. The molecule has 5 aromatic rings. The highest BCUT2D eigenvalue weighted by Gasteiger charge is 2.28. The van der Waals surface area contributed by atoms with Gasteiger partial charge in [-0.15, -0.1) is 0 Å². The molecule has 2 atom stereocenters. The van der Waals surface area contributed by atoms with Gasteiger partial charge in [-0.1, -0.05) is 42.5 Å². The molecule has 0 aliphatic carbocycles. The van der Waals surface area contributed by atoms with Crippen molar-refractivity contribution < 1.29 is 9.53 Å². The average molecular weight is 566 g/mol. The molecule has 0 radical (unpaired) electrons. The summed E-state index contributed by atoms with van der Waals surface area (Å²) in [5.74, 6) is 0.422. The number of rotatable bonds is 10. The van der Waals surface area contributed by atoms with Crippen molar-refractivity contribution in [1.29, 1.82) is 0 Å². The SMILES string of the molecule is COCCCn1c(C2CCCN(C(=O)C[C@H](N)Cc3ccc(-n4c(=O)[nH]c5ccccc54)cc3)C2)cc2ccccc21. The lowest BCUT2D eigenvalue weighted by molar-refractivity contribution is -0.132. The van der Waals surface area contributed by atoms with Crippen LogP contribution in [0.4, 0.5) is 0 Å². The molecule has 0 spiro atoms. The number of amides is 1. The molecule has 0 bridgehead atoms. The minimum atomic E-state index is -0.278. The van der Waals surface area contributed by atoms with E-state index in [1.165, 1.54) is 16.6 Å². The second-order valence-corrected chi connectivity index (χ2v) is 11.4. The number of imidazole rings is 1. The Morgan fingerprint density at radius 3 is 2.62 bits per heavy atom. The third-order valence-corrected chi connectivity index (χ3v) is 8.48. The lowest BCUT2D eigenvalue weighted by Gasteiger charge is -2.34. The number of piperidine rings is 1. The molecule has 3 heterocycles. The number of fused-ring (bicyclic) bond motifs is 2. The number of nitrogens with one attached hydrogen (secondary N) is 1. The van der Waals surface area contributed by atoms with E-state index >= 15 is 0 Å². The number of aromatic nitrogens is 3. The molecule has 1 unspecified atom stereocenters. The molecule has 0 saturated carbocycles. The number of methoxy groups -OCH3 is 1. The standard InChI is InChI=1S/C34H39N5O3/c1-42-19-7-18-38-30-11-4-2-8-25(30)21-32(38)26-9-6-17-37(23-26)33(40)22-27(35)20-24-13-15-28(16-14-24)39-31-12-5-3-10-29(31)36-34(39)41/h2-5,8,10-16,21,26-27H,6-7,9,17-20,22-23,35H2,1H3,(H,36,41)/t26?,27-/m1/s1. The minimum Gasteiger partial charge on any atom is -0.385 e. The number of nitrogens with zero attached hydrogens (tertiary/aromatic N) is 3. The number of benzene rings is 3. The lowest BCUT2D eigenvalue weighted by atomic mass is 9.93. The topological polar surface area (TPSA) is 98.3 Å². The van der Waals surface area contributed by atoms with Crippen LogP contribution < -0.4 is 11.4 Å². The number of para-hydroxylation sites is 3. The van der Waals surface area contributed by atoms with E-state index in [9.17, 15) is 9.59 Å². The number of aryl methyl sites for hydroxylation is 1. The van der Waals surface area contributed by atoms with E-state index in [2.05, 4.69) is 39.9 Å². The number of carbonyl (C=O) groups excluding carboxylic acids is 1. The van der Waals surface area contributed by atoms with Crippen LogP contribution in [-0.2, 0) is 22.5 Å². The first kappa shape index (κ1) is 28.0. The zero-order valence-electron chi connectivity index (χ0n) is 24.2. The van der Waals surface area contributed by atoms with E-state index in [0.29, 0.717) is 18.8 Å². The number of H-pyrrole nitrogens is 1. The molecule has 3 N–H and O–H groups in total. The molecule has 42 heavy (non-hydrogen) atoms. The third-order valence-electron chi connectivity index (χ3n) is 8.48. The quantitative estimate of drug-likeness (QED) is 0.234. The van der Waals surface area contributed by atoms with Crippen LogP contribution in [0.25, 0.3) is 27.6 Å². The monoisotopic (exact) mass is 565 g/mol. The molecule has 1 fully saturated rings. The van der Waals surface area contributed by atoms with Crippen LogP contribution >= 0.6 is 0 Å². The molecule has 1 aliphatic heterocycles. The van der Waals surface area contributed by atoms with Gasteiger partial charge in [0.05, 0.1) is 16.7 Å². The van der Waals surface area contributed by atoms with Crippen LogP contribution in [0.15, 0.2) is 83.7 Å². The van der Waals surface area contributed by atoms with E-state index in [4.69, 9.17) is 10.5 Å². The Hall–Kier alpha value is -4.14. The summed E-state index contributed by atoms with van der Waals surface area (Å²) in [6.07, 6.45) is 3.92. The summed E-state index contributed by atoms with van der Waals surface area (Å²) in [6, 6.07) is 26.1. The zero-order valence-corrected chi connectivity index (χ0v) is 24.2. The summed E-state index contributed by atoms with van der Waals surface area (Å²) in [4.78, 5) is 30.9. The van der Waals surface area contributed by atoms with Crippen molar-refractivity contribution in [3.8, 4) is 5.69 Å². The van der Waals surface area contributed by atoms with Gasteiger partial charge in [-0.05, 0) is 73.0 Å². The number of ether oxygens (including phenoxy) is 1. The third kappa shape index (κ3) is 5.78. The van der Waals surface area contributed by atoms with Crippen molar-refractivity contribution in [2.75, 3.05) is 26.8 Å². The Morgan fingerprint density at radius 1 is 1.05 bits per heavy atom. The van der Waals surface area contributed by atoms with Crippen LogP contribution in [0.1, 0.15) is 42.9 Å². The van der Waals surface area contributed by atoms with E-state index in [1.807, 2.05) is 53.4 Å². The summed E-state index contributed by atoms with van der Waals surface area (Å²) < 4.78 is 9.41. The lowest BCUT2D eigenvalue weighted by Crippen LogP contribution is -2.42. The summed E-state index contributed by atoms with van der Waals surface area (Å²) in [6.45, 7) is 3.13. The highest BCUT2D eigenvalue weighted by atomic mass is 16.5. The molecular formula is C34H39N5O3. The minimum absolute atomic E-state index is 0.121. The largest absolute Gasteiger partial charge is 0.385 e. The number of nitrogens with two attached hydrogens (primary N) is 1. The number of hydrogen-bond acceptors (Lipinski definition) is 4. The highest BCUT2D eigenvalue weighted by Crippen LogP contribution is 2.32. The first-order valence-corrected chi connectivity index (χ1v) is 14.9. The smallest absolute Gasteiger partial charge is 0.331 e.